The fourth-order valence-electron chi connectivity index (χ4n) is 5.19. The highest BCUT2D eigenvalue weighted by molar-refractivity contribution is 6.31. The number of amides is 4. The number of hydrazine groups is 1. The number of carbonyl (C=O) groups is 3. The van der Waals surface area contributed by atoms with E-state index < -0.39 is 18.1 Å². The van der Waals surface area contributed by atoms with Crippen molar-refractivity contribution in [3.05, 3.63) is 34.6 Å². The van der Waals surface area contributed by atoms with E-state index >= 15 is 0 Å². The molecule has 0 aromatic heterocycles. The van der Waals surface area contributed by atoms with Crippen molar-refractivity contribution in [2.24, 2.45) is 11.8 Å². The van der Waals surface area contributed by atoms with Gasteiger partial charge in [-0.1, -0.05) is 24.6 Å². The first-order valence-corrected chi connectivity index (χ1v) is 12.0. The SMILES string of the molecule is CCCN1C(=O)C2CCC(C(=O)NC(C)C)CC2N2C(=O)N(Cc3c(F)cccc3Cl)NC12. The van der Waals surface area contributed by atoms with Gasteiger partial charge in [-0.15, -0.1) is 0 Å². The quantitative estimate of drug-likeness (QED) is 0.656. The Balaban J connectivity index is 1.61. The van der Waals surface area contributed by atoms with Gasteiger partial charge in [-0.05, 0) is 51.7 Å². The minimum absolute atomic E-state index is 0.00288. The Labute approximate surface area is 198 Å². The molecule has 1 saturated carbocycles. The van der Waals surface area contributed by atoms with Crippen LogP contribution >= 0.6 is 11.6 Å². The van der Waals surface area contributed by atoms with Crippen LogP contribution in [-0.2, 0) is 16.1 Å². The molecule has 2 heterocycles. The highest BCUT2D eigenvalue weighted by Crippen LogP contribution is 2.41. The number of carbonyl (C=O) groups excluding carboxylic acids is 3. The van der Waals surface area contributed by atoms with Gasteiger partial charge in [0.25, 0.3) is 0 Å². The van der Waals surface area contributed by atoms with E-state index in [-0.39, 0.29) is 52.9 Å². The molecule has 4 atom stereocenters. The largest absolute Gasteiger partial charge is 0.354 e. The van der Waals surface area contributed by atoms with Crippen LogP contribution in [0.25, 0.3) is 0 Å². The van der Waals surface area contributed by atoms with E-state index in [1.165, 1.54) is 17.1 Å². The van der Waals surface area contributed by atoms with Gasteiger partial charge >= 0.3 is 6.03 Å². The van der Waals surface area contributed by atoms with Crippen molar-refractivity contribution in [2.75, 3.05) is 6.54 Å². The smallest absolute Gasteiger partial charge is 0.337 e. The zero-order valence-corrected chi connectivity index (χ0v) is 19.9. The van der Waals surface area contributed by atoms with Gasteiger partial charge in [-0.25, -0.2) is 9.18 Å². The predicted octanol–water partition coefficient (Wildman–Crippen LogP) is 3.07. The number of fused-ring (bicyclic) bond motifs is 3. The minimum atomic E-state index is -0.663. The third-order valence-electron chi connectivity index (χ3n) is 6.70. The van der Waals surface area contributed by atoms with Crippen LogP contribution in [0.2, 0.25) is 5.02 Å². The molecule has 1 aliphatic carbocycles. The molecule has 4 rings (SSSR count). The number of hydrogen-bond acceptors (Lipinski definition) is 4. The van der Waals surface area contributed by atoms with Crippen LogP contribution in [-0.4, -0.2) is 57.6 Å². The van der Waals surface area contributed by atoms with Gasteiger partial charge in [-0.2, -0.15) is 5.43 Å². The van der Waals surface area contributed by atoms with Crippen molar-refractivity contribution in [3.63, 3.8) is 0 Å². The second-order valence-corrected chi connectivity index (χ2v) is 9.76. The fourth-order valence-corrected chi connectivity index (χ4v) is 5.41. The van der Waals surface area contributed by atoms with Gasteiger partial charge in [0.15, 0.2) is 6.29 Å². The lowest BCUT2D eigenvalue weighted by Crippen LogP contribution is -2.67. The fraction of sp³-hybridized carbons (Fsp3) is 0.609. The zero-order chi connectivity index (χ0) is 23.9. The van der Waals surface area contributed by atoms with Crippen molar-refractivity contribution in [1.82, 2.24) is 25.6 Å². The van der Waals surface area contributed by atoms with Crippen LogP contribution in [0.3, 0.4) is 0 Å². The molecule has 4 unspecified atom stereocenters. The molecule has 0 bridgehead atoms. The molecule has 0 spiro atoms. The Kier molecular flexibility index (Phi) is 6.81. The molecule has 1 aromatic rings. The number of nitrogens with zero attached hydrogens (tertiary/aromatic N) is 3. The highest BCUT2D eigenvalue weighted by atomic mass is 35.5. The summed E-state index contributed by atoms with van der Waals surface area (Å²) in [7, 11) is 0. The zero-order valence-electron chi connectivity index (χ0n) is 19.2. The monoisotopic (exact) mass is 479 g/mol. The molecule has 8 nitrogen and oxygen atoms in total. The molecule has 0 radical (unpaired) electrons. The number of benzene rings is 1. The standard InChI is InChI=1S/C23H31ClFN5O3/c1-4-10-28-21(32)15-9-8-14(20(31)26-13(2)3)11-19(15)30-22(28)27-29(23(30)33)12-16-17(24)6-5-7-18(16)25/h5-7,13-15,19,22,27H,4,8-12H2,1-3H3,(H,26,31). The third kappa shape index (κ3) is 4.40. The Morgan fingerprint density at radius 3 is 2.73 bits per heavy atom. The van der Waals surface area contributed by atoms with E-state index in [1.807, 2.05) is 20.8 Å². The number of urea groups is 1. The first-order valence-electron chi connectivity index (χ1n) is 11.6. The summed E-state index contributed by atoms with van der Waals surface area (Å²) in [5, 5.41) is 4.51. The Morgan fingerprint density at radius 1 is 1.30 bits per heavy atom. The number of nitrogens with one attached hydrogen (secondary N) is 2. The van der Waals surface area contributed by atoms with Gasteiger partial charge in [0.05, 0.1) is 12.5 Å². The lowest BCUT2D eigenvalue weighted by atomic mass is 9.75. The Bertz CT molecular complexity index is 924. The van der Waals surface area contributed by atoms with E-state index in [0.29, 0.717) is 25.8 Å². The van der Waals surface area contributed by atoms with Crippen molar-refractivity contribution in [2.45, 2.75) is 71.4 Å². The van der Waals surface area contributed by atoms with Gasteiger partial charge in [0.2, 0.25) is 11.8 Å². The van der Waals surface area contributed by atoms with Crippen molar-refractivity contribution >= 4 is 29.4 Å². The maximum Gasteiger partial charge on any atom is 0.337 e. The average Bonchev–Trinajstić information content (AvgIpc) is 3.09. The van der Waals surface area contributed by atoms with Crippen molar-refractivity contribution < 1.29 is 18.8 Å². The van der Waals surface area contributed by atoms with Gasteiger partial charge in [0, 0.05) is 35.1 Å². The van der Waals surface area contributed by atoms with Crippen LogP contribution in [0, 0.1) is 17.7 Å². The van der Waals surface area contributed by atoms with Crippen LogP contribution < -0.4 is 10.7 Å². The Morgan fingerprint density at radius 2 is 2.06 bits per heavy atom. The number of rotatable bonds is 6. The Hall–Kier alpha value is -2.39. The summed E-state index contributed by atoms with van der Waals surface area (Å²) in [4.78, 5) is 42.9. The van der Waals surface area contributed by atoms with E-state index in [0.717, 1.165) is 6.42 Å². The summed E-state index contributed by atoms with van der Waals surface area (Å²) >= 11 is 6.19. The minimum Gasteiger partial charge on any atom is -0.354 e. The third-order valence-corrected chi connectivity index (χ3v) is 7.05. The summed E-state index contributed by atoms with van der Waals surface area (Å²) < 4.78 is 14.4. The predicted molar refractivity (Wildman–Crippen MR) is 121 cm³/mol. The van der Waals surface area contributed by atoms with Gasteiger partial charge in [0.1, 0.15) is 5.82 Å². The van der Waals surface area contributed by atoms with Crippen molar-refractivity contribution in [3.8, 4) is 0 Å². The maximum atomic E-state index is 14.4. The van der Waals surface area contributed by atoms with Crippen LogP contribution in [0.4, 0.5) is 9.18 Å². The lowest BCUT2D eigenvalue weighted by molar-refractivity contribution is -0.158. The summed E-state index contributed by atoms with van der Waals surface area (Å²) in [6.45, 7) is 6.22. The number of halogens is 2. The summed E-state index contributed by atoms with van der Waals surface area (Å²) in [5.41, 5.74) is 3.32. The van der Waals surface area contributed by atoms with Crippen molar-refractivity contribution in [1.29, 1.82) is 0 Å². The molecule has 2 saturated heterocycles. The van der Waals surface area contributed by atoms with E-state index in [9.17, 15) is 18.8 Å². The second kappa shape index (κ2) is 9.46. The first kappa shape index (κ1) is 23.8. The molecule has 3 aliphatic rings. The molecule has 3 fully saturated rings. The lowest BCUT2D eigenvalue weighted by Gasteiger charge is -2.49. The molecule has 1 aromatic carbocycles. The molecule has 4 amide bonds. The summed E-state index contributed by atoms with van der Waals surface area (Å²) in [6.07, 6.45) is 1.66. The van der Waals surface area contributed by atoms with E-state index in [2.05, 4.69) is 10.7 Å². The summed E-state index contributed by atoms with van der Waals surface area (Å²) in [6, 6.07) is 3.68. The highest BCUT2D eigenvalue weighted by Gasteiger charge is 2.55. The second-order valence-electron chi connectivity index (χ2n) is 9.36. The average molecular weight is 480 g/mol. The van der Waals surface area contributed by atoms with Crippen LogP contribution in [0.5, 0.6) is 0 Å². The number of hydrogen-bond donors (Lipinski definition) is 2. The van der Waals surface area contributed by atoms with Crippen LogP contribution in [0.1, 0.15) is 52.0 Å². The topological polar surface area (TPSA) is 85.0 Å². The van der Waals surface area contributed by atoms with E-state index in [1.54, 1.807) is 15.9 Å². The van der Waals surface area contributed by atoms with Crippen LogP contribution in [0.15, 0.2) is 18.2 Å². The van der Waals surface area contributed by atoms with E-state index in [4.69, 9.17) is 11.6 Å². The molecular formula is C23H31ClFN5O3. The first-order chi connectivity index (χ1) is 15.7. The molecule has 180 valence electrons. The molecular weight excluding hydrogens is 449 g/mol. The normalized spacial score (nSPS) is 27.2. The molecule has 10 heteroatoms. The van der Waals surface area contributed by atoms with Gasteiger partial charge in [-0.3, -0.25) is 19.5 Å². The molecule has 2 N–H and O–H groups in total. The molecule has 33 heavy (non-hydrogen) atoms. The molecule has 2 aliphatic heterocycles. The summed E-state index contributed by atoms with van der Waals surface area (Å²) in [5.74, 6) is -1.15. The maximum absolute atomic E-state index is 14.4. The van der Waals surface area contributed by atoms with Gasteiger partial charge < -0.3 is 10.2 Å².